The van der Waals surface area contributed by atoms with E-state index in [1.165, 1.54) is 47.3 Å². The van der Waals surface area contributed by atoms with Gasteiger partial charge in [-0.3, -0.25) is 0 Å². The second-order valence-corrected chi connectivity index (χ2v) is 8.66. The molecule has 3 aromatic carbocycles. The number of benzene rings is 3. The van der Waals surface area contributed by atoms with E-state index in [0.29, 0.717) is 0 Å². The maximum absolute atomic E-state index is 5.32. The Kier molecular flexibility index (Phi) is 7.49. The molecule has 3 rings (SSSR count). The van der Waals surface area contributed by atoms with Gasteiger partial charge in [-0.15, -0.1) is 11.8 Å². The lowest BCUT2D eigenvalue weighted by molar-refractivity contribution is 0.706. The number of unbranched alkanes of at least 4 members (excludes halogenated alkanes) is 3. The van der Waals surface area contributed by atoms with Crippen molar-refractivity contribution in [3.63, 3.8) is 0 Å². The quantitative estimate of drug-likeness (QED) is 0.169. The van der Waals surface area contributed by atoms with Gasteiger partial charge in [-0.05, 0) is 34.9 Å². The second kappa shape index (κ2) is 10.1. The van der Waals surface area contributed by atoms with Crippen LogP contribution < -0.4 is 0 Å². The summed E-state index contributed by atoms with van der Waals surface area (Å²) in [4.78, 5) is 1.33. The Bertz CT molecular complexity index is 772. The summed E-state index contributed by atoms with van der Waals surface area (Å²) < 4.78 is -0.463. The monoisotopic (exact) mass is 392 g/mol. The van der Waals surface area contributed by atoms with Gasteiger partial charge in [0.05, 0.1) is 4.75 Å². The number of thiol groups is 1. The molecule has 0 fully saturated rings. The average molecular weight is 393 g/mol. The van der Waals surface area contributed by atoms with Crippen molar-refractivity contribution in [2.45, 2.75) is 42.2 Å². The Morgan fingerprint density at radius 1 is 0.704 bits per heavy atom. The molecule has 0 aliphatic rings. The van der Waals surface area contributed by atoms with Crippen molar-refractivity contribution in [2.24, 2.45) is 0 Å². The van der Waals surface area contributed by atoms with Crippen LogP contribution in [0.3, 0.4) is 0 Å². The van der Waals surface area contributed by atoms with E-state index in [1.54, 1.807) is 0 Å². The van der Waals surface area contributed by atoms with Crippen LogP contribution in [0.1, 0.15) is 49.3 Å². The van der Waals surface area contributed by atoms with E-state index in [0.717, 1.165) is 5.75 Å². The zero-order valence-corrected chi connectivity index (χ0v) is 17.7. The molecule has 140 valence electrons. The van der Waals surface area contributed by atoms with Gasteiger partial charge in [0.1, 0.15) is 0 Å². The number of rotatable bonds is 9. The Balaban J connectivity index is 1.99. The Morgan fingerprint density at radius 2 is 1.26 bits per heavy atom. The number of hydrogen-bond donors (Lipinski definition) is 1. The number of hydrogen-bond acceptors (Lipinski definition) is 2. The van der Waals surface area contributed by atoms with Crippen LogP contribution in [-0.2, 0) is 4.75 Å². The highest BCUT2D eigenvalue weighted by Gasteiger charge is 2.34. The molecule has 0 saturated heterocycles. The predicted octanol–water partition coefficient (Wildman–Crippen LogP) is 7.58. The third kappa shape index (κ3) is 4.80. The minimum absolute atomic E-state index is 0.463. The SMILES string of the molecule is CCCCCCSc1ccccc1C(S)(c1ccccc1)c1ccccc1. The van der Waals surface area contributed by atoms with Crippen molar-refractivity contribution in [3.8, 4) is 0 Å². The van der Waals surface area contributed by atoms with Crippen molar-refractivity contribution in [1.82, 2.24) is 0 Å². The van der Waals surface area contributed by atoms with Crippen LogP contribution in [0.15, 0.2) is 89.8 Å². The van der Waals surface area contributed by atoms with E-state index < -0.39 is 4.75 Å². The van der Waals surface area contributed by atoms with E-state index in [-0.39, 0.29) is 0 Å². The molecule has 0 N–H and O–H groups in total. The molecule has 0 aromatic heterocycles. The Hall–Kier alpha value is -1.64. The smallest absolute Gasteiger partial charge is 0.0888 e. The number of thioether (sulfide) groups is 1. The lowest BCUT2D eigenvalue weighted by atomic mass is 9.84. The average Bonchev–Trinajstić information content (AvgIpc) is 2.74. The largest absolute Gasteiger partial charge is 0.158 e. The van der Waals surface area contributed by atoms with Crippen LogP contribution in [0.4, 0.5) is 0 Å². The summed E-state index contributed by atoms with van der Waals surface area (Å²) in [6.07, 6.45) is 5.19. The van der Waals surface area contributed by atoms with Crippen molar-refractivity contribution in [2.75, 3.05) is 5.75 Å². The lowest BCUT2D eigenvalue weighted by Crippen LogP contribution is -2.23. The second-order valence-electron chi connectivity index (χ2n) is 6.85. The molecule has 27 heavy (non-hydrogen) atoms. The standard InChI is InChI=1S/C25H28S2/c1-2-3-4-13-20-27-24-19-12-11-18-23(24)25(26,21-14-7-5-8-15-21)22-16-9-6-10-17-22/h5-12,14-19,26H,2-4,13,20H2,1H3. The fourth-order valence-corrected chi connectivity index (χ4v) is 5.13. The van der Waals surface area contributed by atoms with Crippen molar-refractivity contribution >= 4 is 24.4 Å². The molecule has 0 aliphatic carbocycles. The molecule has 0 bridgehead atoms. The van der Waals surface area contributed by atoms with Gasteiger partial charge >= 0.3 is 0 Å². The van der Waals surface area contributed by atoms with E-state index in [9.17, 15) is 0 Å². The summed E-state index contributed by atoms with van der Waals surface area (Å²) in [7, 11) is 0. The van der Waals surface area contributed by atoms with Gasteiger partial charge in [0.25, 0.3) is 0 Å². The first-order valence-electron chi connectivity index (χ1n) is 9.82. The zero-order chi connectivity index (χ0) is 19.0. The molecular formula is C25H28S2. The summed E-state index contributed by atoms with van der Waals surface area (Å²) >= 11 is 7.29. The van der Waals surface area contributed by atoms with Gasteiger partial charge in [0.15, 0.2) is 0 Å². The summed E-state index contributed by atoms with van der Waals surface area (Å²) in [6, 6.07) is 30.0. The van der Waals surface area contributed by atoms with Crippen LogP contribution >= 0.6 is 24.4 Å². The molecule has 0 spiro atoms. The zero-order valence-electron chi connectivity index (χ0n) is 16.0. The maximum atomic E-state index is 5.32. The summed E-state index contributed by atoms with van der Waals surface area (Å²) in [6.45, 7) is 2.26. The van der Waals surface area contributed by atoms with Crippen molar-refractivity contribution < 1.29 is 0 Å². The highest BCUT2D eigenvalue weighted by molar-refractivity contribution is 7.99. The van der Waals surface area contributed by atoms with E-state index >= 15 is 0 Å². The van der Waals surface area contributed by atoms with Gasteiger partial charge in [0, 0.05) is 4.90 Å². The minimum atomic E-state index is -0.463. The molecule has 0 radical (unpaired) electrons. The summed E-state index contributed by atoms with van der Waals surface area (Å²) in [5, 5.41) is 0. The van der Waals surface area contributed by atoms with Crippen LogP contribution in [-0.4, -0.2) is 5.75 Å². The highest BCUT2D eigenvalue weighted by atomic mass is 32.2. The third-order valence-corrected chi connectivity index (χ3v) is 6.83. The van der Waals surface area contributed by atoms with E-state index in [1.807, 2.05) is 11.8 Å². The fraction of sp³-hybridized carbons (Fsp3) is 0.280. The molecule has 0 saturated carbocycles. The molecule has 0 unspecified atom stereocenters. The van der Waals surface area contributed by atoms with Gasteiger partial charge in [0.2, 0.25) is 0 Å². The Labute approximate surface area is 173 Å². The van der Waals surface area contributed by atoms with Gasteiger partial charge in [-0.2, -0.15) is 12.6 Å². The first kappa shape index (κ1) is 20.1. The van der Waals surface area contributed by atoms with Crippen LogP contribution in [0.2, 0.25) is 0 Å². The van der Waals surface area contributed by atoms with Crippen molar-refractivity contribution in [3.05, 3.63) is 102 Å². The lowest BCUT2D eigenvalue weighted by Gasteiger charge is -2.32. The van der Waals surface area contributed by atoms with Crippen LogP contribution in [0.5, 0.6) is 0 Å². The molecule has 0 amide bonds. The highest BCUT2D eigenvalue weighted by Crippen LogP contribution is 2.46. The topological polar surface area (TPSA) is 0 Å². The fourth-order valence-electron chi connectivity index (χ4n) is 3.44. The summed E-state index contributed by atoms with van der Waals surface area (Å²) in [5.74, 6) is 1.16. The Morgan fingerprint density at radius 3 is 1.85 bits per heavy atom. The van der Waals surface area contributed by atoms with Gasteiger partial charge < -0.3 is 0 Å². The van der Waals surface area contributed by atoms with Crippen molar-refractivity contribution in [1.29, 1.82) is 0 Å². The van der Waals surface area contributed by atoms with Gasteiger partial charge in [-0.25, -0.2) is 0 Å². The van der Waals surface area contributed by atoms with Crippen LogP contribution in [0.25, 0.3) is 0 Å². The molecular weight excluding hydrogens is 364 g/mol. The first-order valence-corrected chi connectivity index (χ1v) is 11.3. The first-order chi connectivity index (χ1) is 13.3. The summed E-state index contributed by atoms with van der Waals surface area (Å²) in [5.41, 5.74) is 3.68. The maximum Gasteiger partial charge on any atom is 0.0888 e. The van der Waals surface area contributed by atoms with Gasteiger partial charge in [-0.1, -0.05) is 105 Å². The van der Waals surface area contributed by atoms with E-state index in [2.05, 4.69) is 91.9 Å². The third-order valence-electron chi connectivity index (χ3n) is 4.92. The molecule has 0 nitrogen and oxygen atoms in total. The normalized spacial score (nSPS) is 11.5. The molecule has 0 atom stereocenters. The molecule has 0 aliphatic heterocycles. The molecule has 0 heterocycles. The predicted molar refractivity (Wildman–Crippen MR) is 123 cm³/mol. The molecule has 2 heteroatoms. The molecule has 3 aromatic rings. The minimum Gasteiger partial charge on any atom is -0.158 e. The van der Waals surface area contributed by atoms with Crippen LogP contribution in [0, 0.1) is 0 Å². The van der Waals surface area contributed by atoms with E-state index in [4.69, 9.17) is 12.6 Å².